The van der Waals surface area contributed by atoms with E-state index in [9.17, 15) is 0 Å². The zero-order valence-corrected chi connectivity index (χ0v) is 15.2. The van der Waals surface area contributed by atoms with Crippen LogP contribution >= 0.6 is 28.3 Å². The van der Waals surface area contributed by atoms with Crippen LogP contribution in [0.2, 0.25) is 0 Å². The lowest BCUT2D eigenvalue weighted by molar-refractivity contribution is 0.222. The summed E-state index contributed by atoms with van der Waals surface area (Å²) in [6.45, 7) is 8.00. The van der Waals surface area contributed by atoms with Crippen molar-refractivity contribution < 1.29 is 0 Å². The first-order chi connectivity index (χ1) is 9.76. The highest BCUT2D eigenvalue weighted by atomic mass is 79.9. The molecule has 2 nitrogen and oxygen atoms in total. The van der Waals surface area contributed by atoms with E-state index >= 15 is 0 Å². The maximum atomic E-state index is 4.88. The lowest BCUT2D eigenvalue weighted by Crippen LogP contribution is -2.32. The topological polar surface area (TPSA) is 16.1 Å². The van der Waals surface area contributed by atoms with E-state index in [1.54, 1.807) is 0 Å². The molecule has 0 N–H and O–H groups in total. The van der Waals surface area contributed by atoms with Crippen molar-refractivity contribution in [3.63, 3.8) is 0 Å². The fraction of sp³-hybridized carbons (Fsp3) is 0.471. The van der Waals surface area contributed by atoms with Gasteiger partial charge in [0.1, 0.15) is 0 Å². The predicted octanol–water partition coefficient (Wildman–Crippen LogP) is 4.90. The summed E-state index contributed by atoms with van der Waals surface area (Å²) < 4.78 is 0. The number of likely N-dealkylation sites (tertiary alicyclic amines) is 1. The van der Waals surface area contributed by atoms with Crippen molar-refractivity contribution in [1.82, 2.24) is 9.88 Å². The zero-order valence-electron chi connectivity index (χ0n) is 12.7. The zero-order chi connectivity index (χ0) is 13.9. The Morgan fingerprint density at radius 1 is 1.19 bits per heavy atom. The lowest BCUT2D eigenvalue weighted by Gasteiger charge is -2.29. The number of hydrogen-bond acceptors (Lipinski definition) is 3. The molecule has 0 unspecified atom stereocenters. The molecule has 0 radical (unpaired) electrons. The molecule has 2 aromatic rings. The van der Waals surface area contributed by atoms with Crippen LogP contribution < -0.4 is 0 Å². The monoisotopic (exact) mass is 366 g/mol. The van der Waals surface area contributed by atoms with E-state index in [-0.39, 0.29) is 17.0 Å². The van der Waals surface area contributed by atoms with Crippen LogP contribution in [0.3, 0.4) is 0 Å². The smallest absolute Gasteiger partial charge is 0.0964 e. The molecule has 1 aliphatic heterocycles. The molecule has 0 aliphatic carbocycles. The normalized spacial score (nSPS) is 16.7. The highest BCUT2D eigenvalue weighted by Gasteiger charge is 2.22. The average molecular weight is 367 g/mol. The first kappa shape index (κ1) is 16.7. The summed E-state index contributed by atoms with van der Waals surface area (Å²) in [6.07, 6.45) is 2.52. The summed E-state index contributed by atoms with van der Waals surface area (Å²) >= 11 is 1.83. The first-order valence-corrected chi connectivity index (χ1v) is 8.39. The van der Waals surface area contributed by atoms with Crippen LogP contribution in [0.15, 0.2) is 29.6 Å². The van der Waals surface area contributed by atoms with Gasteiger partial charge in [0.05, 0.1) is 10.7 Å². The third-order valence-electron chi connectivity index (χ3n) is 4.25. The maximum absolute atomic E-state index is 4.88. The van der Waals surface area contributed by atoms with Gasteiger partial charge in [-0.05, 0) is 39.4 Å². The Balaban J connectivity index is 0.00000161. The molecule has 0 atom stereocenters. The molecule has 3 rings (SSSR count). The molecular weight excluding hydrogens is 344 g/mol. The minimum atomic E-state index is 0. The fourth-order valence-corrected chi connectivity index (χ4v) is 3.83. The standard InChI is InChI=1S/C17H22N2S.BrH/c1-3-19-10-8-15(9-11-19)17-18-16(12-20-17)14-6-4-13(2)5-7-14;/h4-7,12,15H,3,8-11H2,1-2H3;1H. The predicted molar refractivity (Wildman–Crippen MR) is 96.7 cm³/mol. The van der Waals surface area contributed by atoms with E-state index in [2.05, 4.69) is 48.4 Å². The summed E-state index contributed by atoms with van der Waals surface area (Å²) in [4.78, 5) is 7.42. The van der Waals surface area contributed by atoms with Gasteiger partial charge in [0.15, 0.2) is 0 Å². The van der Waals surface area contributed by atoms with Crippen LogP contribution in [-0.2, 0) is 0 Å². The van der Waals surface area contributed by atoms with Crippen molar-refractivity contribution in [2.45, 2.75) is 32.6 Å². The van der Waals surface area contributed by atoms with Crippen molar-refractivity contribution in [2.24, 2.45) is 0 Å². The minimum absolute atomic E-state index is 0. The number of hydrogen-bond donors (Lipinski definition) is 0. The number of piperidine rings is 1. The lowest BCUT2D eigenvalue weighted by atomic mass is 9.97. The second-order valence-electron chi connectivity index (χ2n) is 5.65. The van der Waals surface area contributed by atoms with Crippen LogP contribution in [0, 0.1) is 6.92 Å². The number of aromatic nitrogens is 1. The van der Waals surface area contributed by atoms with Crippen LogP contribution in [0.25, 0.3) is 11.3 Å². The highest BCUT2D eigenvalue weighted by Crippen LogP contribution is 2.32. The molecule has 1 aliphatic rings. The Hall–Kier alpha value is -0.710. The molecule has 0 spiro atoms. The van der Waals surface area contributed by atoms with Crippen molar-refractivity contribution in [3.8, 4) is 11.3 Å². The van der Waals surface area contributed by atoms with Crippen LogP contribution in [0.5, 0.6) is 0 Å². The van der Waals surface area contributed by atoms with E-state index in [1.165, 1.54) is 48.6 Å². The summed E-state index contributed by atoms with van der Waals surface area (Å²) in [7, 11) is 0. The van der Waals surface area contributed by atoms with Crippen LogP contribution in [-0.4, -0.2) is 29.5 Å². The van der Waals surface area contributed by atoms with Crippen LogP contribution in [0.1, 0.15) is 36.3 Å². The quantitative estimate of drug-likeness (QED) is 0.767. The van der Waals surface area contributed by atoms with E-state index < -0.39 is 0 Å². The van der Waals surface area contributed by atoms with Crippen LogP contribution in [0.4, 0.5) is 0 Å². The van der Waals surface area contributed by atoms with Gasteiger partial charge < -0.3 is 4.90 Å². The van der Waals surface area contributed by atoms with Gasteiger partial charge in [-0.3, -0.25) is 0 Å². The Morgan fingerprint density at radius 3 is 2.48 bits per heavy atom. The molecule has 1 saturated heterocycles. The molecule has 114 valence electrons. The summed E-state index contributed by atoms with van der Waals surface area (Å²) in [5.74, 6) is 0.669. The first-order valence-electron chi connectivity index (χ1n) is 7.51. The maximum Gasteiger partial charge on any atom is 0.0964 e. The van der Waals surface area contributed by atoms with Crippen molar-refractivity contribution >= 4 is 28.3 Å². The molecular formula is C17H23BrN2S. The van der Waals surface area contributed by atoms with Gasteiger partial charge in [-0.25, -0.2) is 4.98 Å². The average Bonchev–Trinajstić information content (AvgIpc) is 2.98. The summed E-state index contributed by atoms with van der Waals surface area (Å²) in [6, 6.07) is 8.67. The molecule has 1 fully saturated rings. The number of halogens is 1. The van der Waals surface area contributed by atoms with Crippen molar-refractivity contribution in [3.05, 3.63) is 40.2 Å². The molecule has 4 heteroatoms. The Bertz CT molecular complexity index is 556. The molecule has 0 saturated carbocycles. The second kappa shape index (κ2) is 7.52. The Kier molecular flexibility index (Phi) is 5.97. The third-order valence-corrected chi connectivity index (χ3v) is 5.26. The largest absolute Gasteiger partial charge is 0.304 e. The molecule has 1 aromatic heterocycles. The Labute approximate surface area is 142 Å². The van der Waals surface area contributed by atoms with E-state index in [0.29, 0.717) is 5.92 Å². The SMILES string of the molecule is Br.CCN1CCC(c2nc(-c3ccc(C)cc3)cs2)CC1. The van der Waals surface area contributed by atoms with Gasteiger partial charge >= 0.3 is 0 Å². The second-order valence-corrected chi connectivity index (χ2v) is 6.54. The van der Waals surface area contributed by atoms with E-state index in [1.807, 2.05) is 11.3 Å². The van der Waals surface area contributed by atoms with Gasteiger partial charge in [0.2, 0.25) is 0 Å². The summed E-state index contributed by atoms with van der Waals surface area (Å²) in [5.41, 5.74) is 3.68. The molecule has 0 amide bonds. The number of aryl methyl sites for hydroxylation is 1. The number of thiazole rings is 1. The van der Waals surface area contributed by atoms with Crippen molar-refractivity contribution in [1.29, 1.82) is 0 Å². The minimum Gasteiger partial charge on any atom is -0.304 e. The van der Waals surface area contributed by atoms with Gasteiger partial charge in [0.25, 0.3) is 0 Å². The molecule has 2 heterocycles. The van der Waals surface area contributed by atoms with Gasteiger partial charge in [-0.2, -0.15) is 0 Å². The van der Waals surface area contributed by atoms with E-state index in [0.717, 1.165) is 5.69 Å². The molecule has 0 bridgehead atoms. The third kappa shape index (κ3) is 3.93. The highest BCUT2D eigenvalue weighted by molar-refractivity contribution is 8.93. The molecule has 21 heavy (non-hydrogen) atoms. The fourth-order valence-electron chi connectivity index (χ4n) is 2.83. The number of nitrogens with zero attached hydrogens (tertiary/aromatic N) is 2. The Morgan fingerprint density at radius 2 is 1.86 bits per heavy atom. The summed E-state index contributed by atoms with van der Waals surface area (Å²) in [5, 5.41) is 3.54. The van der Waals surface area contributed by atoms with Crippen molar-refractivity contribution in [2.75, 3.05) is 19.6 Å². The van der Waals surface area contributed by atoms with Gasteiger partial charge in [-0.15, -0.1) is 28.3 Å². The van der Waals surface area contributed by atoms with E-state index in [4.69, 9.17) is 4.98 Å². The number of rotatable bonds is 3. The van der Waals surface area contributed by atoms with Gasteiger partial charge in [0, 0.05) is 16.9 Å². The molecule has 1 aromatic carbocycles. The number of benzene rings is 1. The van der Waals surface area contributed by atoms with Gasteiger partial charge in [-0.1, -0.05) is 36.8 Å².